The number of phenols is 1. The monoisotopic (exact) mass is 848 g/mol. The molecular formula is C48H40N4O11. The maximum atomic E-state index is 13.9. The van der Waals surface area contributed by atoms with E-state index in [-0.39, 0.29) is 78.3 Å². The van der Waals surface area contributed by atoms with Crippen LogP contribution in [0.5, 0.6) is 28.7 Å². The average Bonchev–Trinajstić information content (AvgIpc) is 4.03. The molecule has 11 rings (SSSR count). The highest BCUT2D eigenvalue weighted by molar-refractivity contribution is 6.02. The lowest BCUT2D eigenvalue weighted by molar-refractivity contribution is -0.172. The van der Waals surface area contributed by atoms with E-state index in [0.717, 1.165) is 38.7 Å². The number of pyridine rings is 2. The van der Waals surface area contributed by atoms with Gasteiger partial charge in [-0.3, -0.25) is 14.0 Å². The van der Waals surface area contributed by atoms with Gasteiger partial charge in [-0.05, 0) is 83.8 Å². The number of aromatic hydroxyl groups is 1. The first-order valence-corrected chi connectivity index (χ1v) is 20.6. The Labute approximate surface area is 358 Å². The Morgan fingerprint density at radius 3 is 2.33 bits per heavy atom. The Morgan fingerprint density at radius 2 is 1.60 bits per heavy atom. The third-order valence-corrected chi connectivity index (χ3v) is 13.1. The molecule has 7 aromatic rings. The lowest BCUT2D eigenvalue weighted by Gasteiger charge is -2.40. The summed E-state index contributed by atoms with van der Waals surface area (Å²) in [5.41, 5.74) is 3.95. The van der Waals surface area contributed by atoms with Crippen molar-refractivity contribution in [3.63, 3.8) is 0 Å². The lowest BCUT2D eigenvalue weighted by atomic mass is 9.65. The van der Waals surface area contributed by atoms with Gasteiger partial charge in [0, 0.05) is 57.2 Å². The number of carbonyl (C=O) groups excluding carboxylic acids is 2. The van der Waals surface area contributed by atoms with Crippen LogP contribution in [-0.4, -0.2) is 59.2 Å². The van der Waals surface area contributed by atoms with Crippen molar-refractivity contribution >= 4 is 56.8 Å². The van der Waals surface area contributed by atoms with Gasteiger partial charge in [-0.15, -0.1) is 0 Å². The Morgan fingerprint density at radius 1 is 0.889 bits per heavy atom. The summed E-state index contributed by atoms with van der Waals surface area (Å²) in [6.45, 7) is 1.72. The molecule has 0 spiro atoms. The van der Waals surface area contributed by atoms with Crippen molar-refractivity contribution in [1.82, 2.24) is 9.38 Å². The molecule has 3 aliphatic heterocycles. The molecule has 0 radical (unpaired) electrons. The summed E-state index contributed by atoms with van der Waals surface area (Å²) in [6, 6.07) is 24.2. The largest absolute Gasteiger partial charge is 0.502 e. The van der Waals surface area contributed by atoms with Crippen molar-refractivity contribution in [3.8, 4) is 28.7 Å². The van der Waals surface area contributed by atoms with Gasteiger partial charge in [0.25, 0.3) is 5.56 Å². The van der Waals surface area contributed by atoms with E-state index in [9.17, 15) is 24.6 Å². The molecule has 1 fully saturated rings. The molecule has 1 saturated heterocycles. The molecule has 4 N–H and O–H groups in total. The van der Waals surface area contributed by atoms with E-state index in [1.807, 2.05) is 66.9 Å². The number of para-hydroxylation sites is 1. The van der Waals surface area contributed by atoms with E-state index < -0.39 is 23.4 Å². The number of anilines is 2. The predicted octanol–water partition coefficient (Wildman–Crippen LogP) is 5.76. The van der Waals surface area contributed by atoms with Crippen LogP contribution in [0.3, 0.4) is 0 Å². The number of fused-ring (bicyclic) bond motifs is 8. The first-order chi connectivity index (χ1) is 30.6. The molecule has 6 heterocycles. The molecule has 3 aromatic heterocycles. The maximum absolute atomic E-state index is 13.9. The Kier molecular flexibility index (Phi) is 8.70. The van der Waals surface area contributed by atoms with E-state index in [0.29, 0.717) is 33.4 Å². The van der Waals surface area contributed by atoms with Crippen LogP contribution in [0.15, 0.2) is 89.9 Å². The highest BCUT2D eigenvalue weighted by Gasteiger charge is 2.53. The fourth-order valence-corrected chi connectivity index (χ4v) is 9.89. The number of cyclic esters (lactones) is 2. The van der Waals surface area contributed by atoms with Crippen LogP contribution in [0.25, 0.3) is 33.5 Å². The van der Waals surface area contributed by atoms with Crippen LogP contribution in [-0.2, 0) is 31.3 Å². The molecule has 63 heavy (non-hydrogen) atoms. The standard InChI is InChI=1S/C48H40N4O11/c1-4-48(57)33-17-35-43-30(19-52(35)45(54)31(33)20-61-47(48)56)29(26-7-5-6-8-34(26)51-43)18-49-24-9-11-25(12-10-24)50-42-28-16-37-36(62-22-63-37)15-27(28)40(41-32(42)21-60-46(41)55)23-13-38(58-2)44(53)39(14-23)59-3/h5-19,32,40-42,49-50,53,57H,4,20-22H2,1-3H3/t32-,40+,41-,42+,48-/m0/s1. The van der Waals surface area contributed by atoms with Crippen LogP contribution >= 0.6 is 0 Å². The van der Waals surface area contributed by atoms with Gasteiger partial charge in [0.1, 0.15) is 6.61 Å². The van der Waals surface area contributed by atoms with Crippen LogP contribution in [0.1, 0.15) is 53.1 Å². The van der Waals surface area contributed by atoms with Crippen molar-refractivity contribution in [1.29, 1.82) is 0 Å². The smallest absolute Gasteiger partial charge is 0.343 e. The normalized spacial score (nSPS) is 22.4. The first-order valence-electron chi connectivity index (χ1n) is 20.6. The van der Waals surface area contributed by atoms with Crippen molar-refractivity contribution in [2.24, 2.45) is 11.8 Å². The predicted molar refractivity (Wildman–Crippen MR) is 230 cm³/mol. The fraction of sp³-hybridized carbons (Fsp3) is 0.250. The number of hydrogen-bond acceptors (Lipinski definition) is 14. The second kappa shape index (κ2) is 14.3. The Hall–Kier alpha value is -7.52. The quantitative estimate of drug-likeness (QED) is 0.135. The van der Waals surface area contributed by atoms with Gasteiger partial charge >= 0.3 is 11.9 Å². The van der Waals surface area contributed by atoms with Gasteiger partial charge in [0.15, 0.2) is 28.6 Å². The number of benzene rings is 4. The minimum atomic E-state index is -1.94. The number of nitrogens with zero attached hydrogens (tertiary/aromatic N) is 2. The lowest BCUT2D eigenvalue weighted by Crippen LogP contribution is -2.43. The molecule has 1 aliphatic carbocycles. The Balaban J connectivity index is 0.958. The Bertz CT molecular complexity index is 3180. The van der Waals surface area contributed by atoms with Crippen molar-refractivity contribution in [3.05, 3.63) is 128 Å². The molecule has 5 atom stereocenters. The minimum absolute atomic E-state index is 0.0451. The molecule has 4 aliphatic rings. The number of esters is 2. The van der Waals surface area contributed by atoms with Gasteiger partial charge in [-0.1, -0.05) is 25.1 Å². The number of carbonyl (C=O) groups is 2. The number of methoxy groups -OCH3 is 2. The molecule has 0 unspecified atom stereocenters. The zero-order chi connectivity index (χ0) is 43.3. The second-order valence-corrected chi connectivity index (χ2v) is 16.2. The molecule has 0 saturated carbocycles. The van der Waals surface area contributed by atoms with E-state index in [2.05, 4.69) is 10.6 Å². The number of ether oxygens (including phenoxy) is 6. The van der Waals surface area contributed by atoms with Gasteiger partial charge in [0.2, 0.25) is 12.5 Å². The summed E-state index contributed by atoms with van der Waals surface area (Å²) >= 11 is 0. The van der Waals surface area contributed by atoms with E-state index in [1.54, 1.807) is 31.3 Å². The molecule has 4 aromatic carbocycles. The van der Waals surface area contributed by atoms with Crippen LogP contribution in [0.4, 0.5) is 11.4 Å². The zero-order valence-electron chi connectivity index (χ0n) is 34.3. The summed E-state index contributed by atoms with van der Waals surface area (Å²) in [6.07, 6.45) is 3.67. The van der Waals surface area contributed by atoms with Crippen LogP contribution in [0.2, 0.25) is 0 Å². The third-order valence-electron chi connectivity index (χ3n) is 13.1. The number of hydrogen-bond donors (Lipinski definition) is 4. The maximum Gasteiger partial charge on any atom is 0.343 e. The highest BCUT2D eigenvalue weighted by atomic mass is 16.7. The number of aliphatic hydroxyl groups is 1. The minimum Gasteiger partial charge on any atom is -0.502 e. The van der Waals surface area contributed by atoms with Gasteiger partial charge < -0.3 is 49.3 Å². The van der Waals surface area contributed by atoms with Gasteiger partial charge in [-0.25, -0.2) is 9.78 Å². The van der Waals surface area contributed by atoms with E-state index >= 15 is 0 Å². The second-order valence-electron chi connectivity index (χ2n) is 16.2. The molecule has 0 amide bonds. The van der Waals surface area contributed by atoms with Gasteiger partial charge in [-0.2, -0.15) is 0 Å². The van der Waals surface area contributed by atoms with Crippen molar-refractivity contribution in [2.75, 3.05) is 38.3 Å². The topological polar surface area (TPSA) is 188 Å². The number of phenolic OH excluding ortho intramolecular Hbond substituents is 1. The van der Waals surface area contributed by atoms with Crippen LogP contribution in [0, 0.1) is 11.8 Å². The summed E-state index contributed by atoms with van der Waals surface area (Å²) in [5, 5.41) is 31.6. The average molecular weight is 849 g/mol. The third kappa shape index (κ3) is 5.75. The zero-order valence-corrected chi connectivity index (χ0v) is 34.3. The molecule has 15 nitrogen and oxygen atoms in total. The van der Waals surface area contributed by atoms with Gasteiger partial charge in [0.05, 0.1) is 54.9 Å². The summed E-state index contributed by atoms with van der Waals surface area (Å²) in [7, 11) is 2.93. The van der Waals surface area contributed by atoms with E-state index in [4.69, 9.17) is 33.4 Å². The number of aromatic nitrogens is 2. The SMILES string of the molecule is CC[C@@]1(O)C(=O)OCc2c1cc1c3nc4ccccc4c(=CNc4ccc(N[C@@H]5c6cc7c(cc6[C@@H](c6cc(OC)c(O)c(OC)c6)[C@H]6C(=O)OC[C@@H]65)OCO7)cc4)c3cn1c2=O. The van der Waals surface area contributed by atoms with E-state index in [1.165, 1.54) is 18.6 Å². The van der Waals surface area contributed by atoms with Crippen molar-refractivity contribution in [2.45, 2.75) is 37.5 Å². The van der Waals surface area contributed by atoms with Crippen molar-refractivity contribution < 1.29 is 48.2 Å². The molecule has 15 heteroatoms. The molecule has 0 bridgehead atoms. The fourth-order valence-electron chi connectivity index (χ4n) is 9.89. The molecule has 318 valence electrons. The number of nitrogens with one attached hydrogen (secondary N) is 2. The molecular weight excluding hydrogens is 809 g/mol. The number of rotatable bonds is 8. The first kappa shape index (κ1) is 38.4. The summed E-state index contributed by atoms with van der Waals surface area (Å²) in [5.74, 6) is -0.963. The summed E-state index contributed by atoms with van der Waals surface area (Å²) < 4.78 is 35.2. The highest BCUT2D eigenvalue weighted by Crippen LogP contribution is 2.56. The van der Waals surface area contributed by atoms with Crippen LogP contribution < -0.4 is 40.4 Å². The summed E-state index contributed by atoms with van der Waals surface area (Å²) in [4.78, 5) is 45.3.